The van der Waals surface area contributed by atoms with Gasteiger partial charge in [-0.15, -0.1) is 0 Å². The average Bonchev–Trinajstić information content (AvgIpc) is 2.38. The number of amides is 1. The molecule has 2 aliphatic rings. The van der Waals surface area contributed by atoms with Gasteiger partial charge in [-0.1, -0.05) is 6.92 Å². The zero-order valence-corrected chi connectivity index (χ0v) is 11.6. The van der Waals surface area contributed by atoms with Crippen molar-refractivity contribution in [2.45, 2.75) is 25.1 Å². The third kappa shape index (κ3) is 3.36. The van der Waals surface area contributed by atoms with Crippen LogP contribution in [-0.2, 0) is 4.79 Å². The van der Waals surface area contributed by atoms with Crippen molar-refractivity contribution in [3.8, 4) is 0 Å². The van der Waals surface area contributed by atoms with Crippen LogP contribution in [0.2, 0.25) is 0 Å². The molecule has 17 heavy (non-hydrogen) atoms. The Hall–Kier alpha value is -0.260. The Morgan fingerprint density at radius 3 is 2.71 bits per heavy atom. The molecule has 0 radical (unpaired) electrons. The Morgan fingerprint density at radius 2 is 2.06 bits per heavy atom. The first-order valence-corrected chi connectivity index (χ1v) is 7.58. The van der Waals surface area contributed by atoms with Crippen molar-refractivity contribution >= 4 is 17.7 Å². The smallest absolute Gasteiger partial charge is 0.239 e. The molecule has 0 aromatic rings. The number of hydrogen-bond acceptors (Lipinski definition) is 4. The van der Waals surface area contributed by atoms with Crippen LogP contribution in [0.5, 0.6) is 0 Å². The summed E-state index contributed by atoms with van der Waals surface area (Å²) in [6.07, 6.45) is 0. The van der Waals surface area contributed by atoms with Crippen molar-refractivity contribution in [1.29, 1.82) is 0 Å². The first kappa shape index (κ1) is 13.2. The van der Waals surface area contributed by atoms with Crippen LogP contribution in [0.25, 0.3) is 0 Å². The molecule has 0 aromatic heterocycles. The molecule has 0 spiro atoms. The molecule has 2 heterocycles. The standard InChI is InChI=1S/C12H23N3OS/c1-10-9-15(7-8-17-10)11(2)12(16)14-5-3-13-4-6-14/h10-11,13H,3-9H2,1-2H3. The molecular weight excluding hydrogens is 234 g/mol. The van der Waals surface area contributed by atoms with Gasteiger partial charge >= 0.3 is 0 Å². The molecule has 0 saturated carbocycles. The lowest BCUT2D eigenvalue weighted by Crippen LogP contribution is -2.55. The van der Waals surface area contributed by atoms with Gasteiger partial charge in [0.25, 0.3) is 0 Å². The molecule has 0 aromatic carbocycles. The predicted molar refractivity (Wildman–Crippen MR) is 72.4 cm³/mol. The first-order chi connectivity index (χ1) is 8.18. The fourth-order valence-corrected chi connectivity index (χ4v) is 3.54. The van der Waals surface area contributed by atoms with Crippen LogP contribution < -0.4 is 5.32 Å². The van der Waals surface area contributed by atoms with Gasteiger partial charge in [0.1, 0.15) is 0 Å². The van der Waals surface area contributed by atoms with E-state index in [0.717, 1.165) is 45.0 Å². The van der Waals surface area contributed by atoms with Gasteiger partial charge in [0, 0.05) is 50.3 Å². The molecule has 2 saturated heterocycles. The van der Waals surface area contributed by atoms with Gasteiger partial charge in [-0.25, -0.2) is 0 Å². The summed E-state index contributed by atoms with van der Waals surface area (Å²) in [5.41, 5.74) is 0. The van der Waals surface area contributed by atoms with E-state index in [4.69, 9.17) is 0 Å². The van der Waals surface area contributed by atoms with Gasteiger partial charge in [-0.2, -0.15) is 11.8 Å². The third-order valence-corrected chi connectivity index (χ3v) is 4.74. The lowest BCUT2D eigenvalue weighted by Gasteiger charge is -2.37. The van der Waals surface area contributed by atoms with Crippen molar-refractivity contribution in [3.05, 3.63) is 0 Å². The van der Waals surface area contributed by atoms with Crippen molar-refractivity contribution in [2.75, 3.05) is 45.0 Å². The Labute approximate surface area is 108 Å². The quantitative estimate of drug-likeness (QED) is 0.769. The lowest BCUT2D eigenvalue weighted by molar-refractivity contribution is -0.137. The second-order valence-corrected chi connectivity index (χ2v) is 6.47. The van der Waals surface area contributed by atoms with Gasteiger partial charge in [0.15, 0.2) is 0 Å². The van der Waals surface area contributed by atoms with Crippen LogP contribution in [0, 0.1) is 0 Å². The van der Waals surface area contributed by atoms with Gasteiger partial charge in [-0.3, -0.25) is 9.69 Å². The summed E-state index contributed by atoms with van der Waals surface area (Å²) in [5, 5.41) is 3.94. The van der Waals surface area contributed by atoms with Crippen LogP contribution >= 0.6 is 11.8 Å². The maximum Gasteiger partial charge on any atom is 0.239 e. The van der Waals surface area contributed by atoms with E-state index >= 15 is 0 Å². The second kappa shape index (κ2) is 6.07. The van der Waals surface area contributed by atoms with Gasteiger partial charge < -0.3 is 10.2 Å². The van der Waals surface area contributed by atoms with Crippen LogP contribution in [0.4, 0.5) is 0 Å². The number of piperazine rings is 1. The minimum atomic E-state index is 0.0523. The predicted octanol–water partition coefficient (Wildman–Crippen LogP) is 0.244. The molecule has 2 aliphatic heterocycles. The van der Waals surface area contributed by atoms with E-state index in [9.17, 15) is 4.79 Å². The Balaban J connectivity index is 1.89. The zero-order chi connectivity index (χ0) is 12.3. The summed E-state index contributed by atoms with van der Waals surface area (Å²) >= 11 is 2.01. The Bertz CT molecular complexity index is 268. The van der Waals surface area contributed by atoms with Crippen LogP contribution in [0.3, 0.4) is 0 Å². The minimum Gasteiger partial charge on any atom is -0.339 e. The number of carbonyl (C=O) groups excluding carboxylic acids is 1. The van der Waals surface area contributed by atoms with E-state index in [1.54, 1.807) is 0 Å². The van der Waals surface area contributed by atoms with Crippen molar-refractivity contribution in [3.63, 3.8) is 0 Å². The Kier molecular flexibility index (Phi) is 4.70. The fourth-order valence-electron chi connectivity index (χ4n) is 2.50. The number of thioether (sulfide) groups is 1. The van der Waals surface area contributed by atoms with Crippen LogP contribution in [0.1, 0.15) is 13.8 Å². The molecule has 2 rings (SSSR count). The molecule has 0 aliphatic carbocycles. The molecule has 4 nitrogen and oxygen atoms in total. The van der Waals surface area contributed by atoms with Gasteiger partial charge in [0.2, 0.25) is 5.91 Å². The zero-order valence-electron chi connectivity index (χ0n) is 10.8. The summed E-state index contributed by atoms with van der Waals surface area (Å²) in [5.74, 6) is 1.46. The summed E-state index contributed by atoms with van der Waals surface area (Å²) in [7, 11) is 0. The molecule has 2 fully saturated rings. The largest absolute Gasteiger partial charge is 0.339 e. The van der Waals surface area contributed by atoms with Crippen molar-refractivity contribution < 1.29 is 4.79 Å². The normalized spacial score (nSPS) is 29.1. The molecule has 5 heteroatoms. The van der Waals surface area contributed by atoms with Gasteiger partial charge in [-0.05, 0) is 6.92 Å². The van der Waals surface area contributed by atoms with Crippen molar-refractivity contribution in [1.82, 2.24) is 15.1 Å². The number of hydrogen-bond donors (Lipinski definition) is 1. The van der Waals surface area contributed by atoms with Crippen LogP contribution in [-0.4, -0.2) is 72.0 Å². The highest BCUT2D eigenvalue weighted by atomic mass is 32.2. The molecule has 1 amide bonds. The summed E-state index contributed by atoms with van der Waals surface area (Å²) in [6.45, 7) is 10.0. The fraction of sp³-hybridized carbons (Fsp3) is 0.917. The van der Waals surface area contributed by atoms with E-state index < -0.39 is 0 Å². The molecule has 98 valence electrons. The van der Waals surface area contributed by atoms with E-state index in [2.05, 4.69) is 24.1 Å². The van der Waals surface area contributed by atoms with E-state index in [1.165, 1.54) is 0 Å². The summed E-state index contributed by atoms with van der Waals surface area (Å²) in [4.78, 5) is 16.7. The molecule has 2 unspecified atom stereocenters. The maximum atomic E-state index is 12.4. The topological polar surface area (TPSA) is 35.6 Å². The van der Waals surface area contributed by atoms with E-state index in [-0.39, 0.29) is 6.04 Å². The molecule has 1 N–H and O–H groups in total. The molecule has 2 atom stereocenters. The van der Waals surface area contributed by atoms with Crippen LogP contribution in [0.15, 0.2) is 0 Å². The number of nitrogens with one attached hydrogen (secondary N) is 1. The summed E-state index contributed by atoms with van der Waals surface area (Å²) < 4.78 is 0. The molecule has 0 bridgehead atoms. The first-order valence-electron chi connectivity index (χ1n) is 6.53. The minimum absolute atomic E-state index is 0.0523. The van der Waals surface area contributed by atoms with E-state index in [1.807, 2.05) is 16.7 Å². The highest BCUT2D eigenvalue weighted by Gasteiger charge is 2.29. The maximum absolute atomic E-state index is 12.4. The monoisotopic (exact) mass is 257 g/mol. The lowest BCUT2D eigenvalue weighted by atomic mass is 10.2. The number of rotatable bonds is 2. The summed E-state index contributed by atoms with van der Waals surface area (Å²) in [6, 6.07) is 0.0523. The number of nitrogens with zero attached hydrogens (tertiary/aromatic N) is 2. The third-order valence-electron chi connectivity index (χ3n) is 3.61. The average molecular weight is 257 g/mol. The van der Waals surface area contributed by atoms with E-state index in [0.29, 0.717) is 11.2 Å². The van der Waals surface area contributed by atoms with Crippen molar-refractivity contribution in [2.24, 2.45) is 0 Å². The molecular formula is C12H23N3OS. The van der Waals surface area contributed by atoms with Gasteiger partial charge in [0.05, 0.1) is 6.04 Å². The second-order valence-electron chi connectivity index (χ2n) is 4.93. The highest BCUT2D eigenvalue weighted by molar-refractivity contribution is 7.99. The highest BCUT2D eigenvalue weighted by Crippen LogP contribution is 2.20. The Morgan fingerprint density at radius 1 is 1.35 bits per heavy atom. The SMILES string of the molecule is CC1CN(C(C)C(=O)N2CCNCC2)CCS1. The number of carbonyl (C=O) groups is 1.